The molecule has 1 aliphatic heterocycles. The monoisotopic (exact) mass is 415 g/mol. The fourth-order valence-corrected chi connectivity index (χ4v) is 4.86. The maximum atomic E-state index is 13.3. The van der Waals surface area contributed by atoms with E-state index in [0.717, 1.165) is 59.3 Å². The van der Waals surface area contributed by atoms with Gasteiger partial charge in [-0.3, -0.25) is 4.79 Å². The molecule has 0 spiro atoms. The Hall–Kier alpha value is -3.32. The highest BCUT2D eigenvalue weighted by molar-refractivity contribution is 5.83. The number of aromatic nitrogens is 5. The molecule has 2 N–H and O–H groups in total. The molecule has 4 aromatic rings. The average Bonchev–Trinajstić information content (AvgIpc) is 3.43. The molecule has 7 nitrogen and oxygen atoms in total. The van der Waals surface area contributed by atoms with E-state index in [1.54, 1.807) is 0 Å². The molecular formula is C24H27N6O+. The Morgan fingerprint density at radius 1 is 1.10 bits per heavy atom. The van der Waals surface area contributed by atoms with Gasteiger partial charge in [0.15, 0.2) is 6.04 Å². The van der Waals surface area contributed by atoms with E-state index in [4.69, 9.17) is 0 Å². The van der Waals surface area contributed by atoms with E-state index in [2.05, 4.69) is 51.7 Å². The van der Waals surface area contributed by atoms with E-state index in [0.29, 0.717) is 6.54 Å². The summed E-state index contributed by atoms with van der Waals surface area (Å²) >= 11 is 0. The van der Waals surface area contributed by atoms with Crippen molar-refractivity contribution in [3.8, 4) is 0 Å². The summed E-state index contributed by atoms with van der Waals surface area (Å²) in [6, 6.07) is 16.2. The predicted molar refractivity (Wildman–Crippen MR) is 119 cm³/mol. The van der Waals surface area contributed by atoms with Gasteiger partial charge in [0.1, 0.15) is 0 Å². The molecule has 31 heavy (non-hydrogen) atoms. The molecule has 3 heterocycles. The number of aromatic amines is 1. The molecule has 1 saturated heterocycles. The summed E-state index contributed by atoms with van der Waals surface area (Å²) in [4.78, 5) is 17.8. The Bertz CT molecular complexity index is 1270. The number of likely N-dealkylation sites (tertiary alicyclic amines) is 1. The number of nitrogens with zero attached hydrogens (tertiary/aromatic N) is 4. The van der Waals surface area contributed by atoms with Crippen molar-refractivity contribution in [2.24, 2.45) is 0 Å². The number of hydrogen-bond acceptors (Lipinski definition) is 4. The van der Waals surface area contributed by atoms with Gasteiger partial charge in [-0.05, 0) is 52.9 Å². The zero-order valence-electron chi connectivity index (χ0n) is 17.9. The van der Waals surface area contributed by atoms with Crippen LogP contribution >= 0.6 is 0 Å². The average molecular weight is 416 g/mol. The molecule has 1 atom stereocenters. The number of aryl methyl sites for hydroxylation is 2. The van der Waals surface area contributed by atoms with Gasteiger partial charge in [-0.25, -0.2) is 4.68 Å². The van der Waals surface area contributed by atoms with Crippen LogP contribution < -0.4 is 10.5 Å². The SMILES string of the molecule is Cc1cc(C)c2[nH]c(=O)c([C@H](c3nnnn3Cc3ccccc3)[NH+]3CCCC3)cc2c1. The van der Waals surface area contributed by atoms with Crippen LogP contribution in [0.25, 0.3) is 10.9 Å². The van der Waals surface area contributed by atoms with Crippen molar-refractivity contribution in [2.45, 2.75) is 39.3 Å². The number of quaternary nitrogens is 1. The molecule has 1 fully saturated rings. The molecular weight excluding hydrogens is 388 g/mol. The van der Waals surface area contributed by atoms with Crippen LogP contribution in [0.2, 0.25) is 0 Å². The Balaban J connectivity index is 1.64. The van der Waals surface area contributed by atoms with Gasteiger partial charge in [0.05, 0.1) is 30.7 Å². The number of fused-ring (bicyclic) bond motifs is 1. The fraction of sp³-hybridized carbons (Fsp3) is 0.333. The van der Waals surface area contributed by atoms with E-state index in [9.17, 15) is 4.79 Å². The number of hydrogen-bond donors (Lipinski definition) is 2. The van der Waals surface area contributed by atoms with Crippen molar-refractivity contribution >= 4 is 10.9 Å². The molecule has 0 amide bonds. The summed E-state index contributed by atoms with van der Waals surface area (Å²) in [5, 5.41) is 13.7. The standard InChI is InChI=1S/C24H26N6O/c1-16-12-17(2)21-19(13-16)14-20(24(31)25-21)22(29-10-6-7-11-29)23-26-27-28-30(23)15-18-8-4-3-5-9-18/h3-5,8-9,12-14,22H,6-7,10-11,15H2,1-2H3,(H,25,31)/p+1/t22-/m1/s1. The van der Waals surface area contributed by atoms with E-state index >= 15 is 0 Å². The second kappa shape index (κ2) is 8.07. The molecule has 2 aromatic heterocycles. The Kier molecular flexibility index (Phi) is 5.11. The third kappa shape index (κ3) is 3.77. The number of benzene rings is 2. The second-order valence-corrected chi connectivity index (χ2v) is 8.58. The molecule has 2 aromatic carbocycles. The van der Waals surface area contributed by atoms with E-state index < -0.39 is 0 Å². The number of pyridine rings is 1. The van der Waals surface area contributed by atoms with Crippen LogP contribution in [0.5, 0.6) is 0 Å². The van der Waals surface area contributed by atoms with Gasteiger partial charge < -0.3 is 9.88 Å². The van der Waals surface area contributed by atoms with Crippen LogP contribution in [-0.4, -0.2) is 38.3 Å². The Labute approximate surface area is 180 Å². The maximum Gasteiger partial charge on any atom is 0.258 e. The zero-order chi connectivity index (χ0) is 21.4. The van der Waals surface area contributed by atoms with Crippen molar-refractivity contribution in [2.75, 3.05) is 13.1 Å². The largest absolute Gasteiger partial charge is 0.322 e. The quantitative estimate of drug-likeness (QED) is 0.522. The van der Waals surface area contributed by atoms with Crippen molar-refractivity contribution < 1.29 is 4.90 Å². The normalized spacial score (nSPS) is 15.5. The van der Waals surface area contributed by atoms with Gasteiger partial charge in [0.2, 0.25) is 5.82 Å². The molecule has 5 rings (SSSR count). The van der Waals surface area contributed by atoms with Crippen LogP contribution in [0.3, 0.4) is 0 Å². The lowest BCUT2D eigenvalue weighted by molar-refractivity contribution is -0.914. The van der Waals surface area contributed by atoms with Gasteiger partial charge >= 0.3 is 0 Å². The Morgan fingerprint density at radius 3 is 2.65 bits per heavy atom. The molecule has 1 aliphatic rings. The summed E-state index contributed by atoms with van der Waals surface area (Å²) in [5.41, 5.74) is 4.97. The molecule has 0 bridgehead atoms. The number of rotatable bonds is 5. The van der Waals surface area contributed by atoms with Crippen LogP contribution in [0.4, 0.5) is 0 Å². The van der Waals surface area contributed by atoms with E-state index in [-0.39, 0.29) is 11.6 Å². The molecule has 0 radical (unpaired) electrons. The van der Waals surface area contributed by atoms with Crippen LogP contribution in [0, 0.1) is 13.8 Å². The number of H-pyrrole nitrogens is 1. The van der Waals surface area contributed by atoms with Gasteiger partial charge in [-0.15, -0.1) is 5.10 Å². The van der Waals surface area contributed by atoms with Crippen LogP contribution in [0.15, 0.2) is 53.3 Å². The minimum atomic E-state index is -0.199. The molecule has 0 unspecified atom stereocenters. The Morgan fingerprint density at radius 2 is 1.87 bits per heavy atom. The summed E-state index contributed by atoms with van der Waals surface area (Å²) in [5.74, 6) is 0.745. The lowest BCUT2D eigenvalue weighted by atomic mass is 10.0. The highest BCUT2D eigenvalue weighted by Crippen LogP contribution is 2.22. The maximum absolute atomic E-state index is 13.3. The predicted octanol–water partition coefficient (Wildman–Crippen LogP) is 1.95. The van der Waals surface area contributed by atoms with Gasteiger partial charge in [0, 0.05) is 12.8 Å². The lowest BCUT2D eigenvalue weighted by Gasteiger charge is -2.24. The molecule has 7 heteroatoms. The lowest BCUT2D eigenvalue weighted by Crippen LogP contribution is -3.10. The van der Waals surface area contributed by atoms with Crippen molar-refractivity contribution in [3.63, 3.8) is 0 Å². The first-order valence-corrected chi connectivity index (χ1v) is 10.9. The van der Waals surface area contributed by atoms with Crippen molar-refractivity contribution in [1.29, 1.82) is 0 Å². The van der Waals surface area contributed by atoms with E-state index in [1.165, 1.54) is 10.5 Å². The second-order valence-electron chi connectivity index (χ2n) is 8.58. The highest BCUT2D eigenvalue weighted by atomic mass is 16.1. The molecule has 158 valence electrons. The zero-order valence-corrected chi connectivity index (χ0v) is 17.9. The minimum absolute atomic E-state index is 0.0573. The molecule has 0 saturated carbocycles. The smallest absolute Gasteiger partial charge is 0.258 e. The first-order valence-electron chi connectivity index (χ1n) is 10.9. The summed E-state index contributed by atoms with van der Waals surface area (Å²) in [6.45, 7) is 6.71. The van der Waals surface area contributed by atoms with Crippen LogP contribution in [-0.2, 0) is 6.54 Å². The summed E-state index contributed by atoms with van der Waals surface area (Å²) < 4.78 is 1.84. The number of tetrazole rings is 1. The van der Waals surface area contributed by atoms with Crippen LogP contribution in [0.1, 0.15) is 47.0 Å². The van der Waals surface area contributed by atoms with Gasteiger partial charge in [-0.1, -0.05) is 42.0 Å². The van der Waals surface area contributed by atoms with E-state index in [1.807, 2.05) is 35.9 Å². The fourth-order valence-electron chi connectivity index (χ4n) is 4.86. The topological polar surface area (TPSA) is 80.9 Å². The summed E-state index contributed by atoms with van der Waals surface area (Å²) in [6.07, 6.45) is 2.30. The van der Waals surface area contributed by atoms with Gasteiger partial charge in [-0.2, -0.15) is 0 Å². The minimum Gasteiger partial charge on any atom is -0.322 e. The highest BCUT2D eigenvalue weighted by Gasteiger charge is 2.35. The van der Waals surface area contributed by atoms with Crippen molar-refractivity contribution in [3.05, 3.63) is 87.0 Å². The summed E-state index contributed by atoms with van der Waals surface area (Å²) in [7, 11) is 0. The third-order valence-electron chi connectivity index (χ3n) is 6.28. The van der Waals surface area contributed by atoms with Gasteiger partial charge in [0.25, 0.3) is 5.56 Å². The first-order chi connectivity index (χ1) is 15.1. The third-order valence-corrected chi connectivity index (χ3v) is 6.28. The van der Waals surface area contributed by atoms with Crippen molar-refractivity contribution in [1.82, 2.24) is 25.2 Å². The number of nitrogens with one attached hydrogen (secondary N) is 2. The first kappa shape index (κ1) is 19.6. The molecule has 0 aliphatic carbocycles.